The lowest BCUT2D eigenvalue weighted by Crippen LogP contribution is -2.49. The minimum absolute atomic E-state index is 0.115. The van der Waals surface area contributed by atoms with Crippen LogP contribution in [0.3, 0.4) is 0 Å². The molecule has 13 heteroatoms. The van der Waals surface area contributed by atoms with E-state index in [-0.39, 0.29) is 30.3 Å². The van der Waals surface area contributed by atoms with E-state index in [1.165, 1.54) is 23.0 Å². The van der Waals surface area contributed by atoms with Crippen molar-refractivity contribution in [1.82, 2.24) is 9.78 Å². The highest BCUT2D eigenvalue weighted by Gasteiger charge is 2.68. The zero-order valence-corrected chi connectivity index (χ0v) is 35.2. The summed E-state index contributed by atoms with van der Waals surface area (Å²) in [5, 5.41) is 18.0. The minimum atomic E-state index is -1.39. The number of halogens is 1. The van der Waals surface area contributed by atoms with Crippen molar-refractivity contribution in [3.63, 3.8) is 0 Å². The molecule has 6 atom stereocenters. The number of ether oxygens (including phenoxy) is 1. The number of aromatic nitrogens is 2. The Balaban J connectivity index is 1.03. The molecule has 61 heavy (non-hydrogen) atoms. The van der Waals surface area contributed by atoms with Crippen molar-refractivity contribution in [3.8, 4) is 22.1 Å². The molecule has 1 saturated carbocycles. The Labute approximate surface area is 359 Å². The first-order chi connectivity index (χ1) is 29.3. The van der Waals surface area contributed by atoms with Crippen LogP contribution in [0, 0.1) is 36.0 Å². The van der Waals surface area contributed by atoms with E-state index in [1.807, 2.05) is 37.3 Å². The standard InChI is InChI=1S/C48H39ClN4O7S/c1-24-33-20-27(49)12-19-38(33)61-43(24)36-23-39(51(3)50-36)53-45(57)35-22-34-30(41(48(35,2)47(53)59)31-16-15-29(60-4)21-37(31)54)17-18-32-40(34)46(58)52(44(32)56)28-13-10-26(11-14-28)42(55)25-8-6-5-7-9-25/h5-17,19-21,23,32,34-35,40-41,54H,18,22H2,1-4H3. The summed E-state index contributed by atoms with van der Waals surface area (Å²) in [6.45, 7) is 3.77. The van der Waals surface area contributed by atoms with Gasteiger partial charge in [0, 0.05) is 51.5 Å². The molecule has 4 aromatic carbocycles. The van der Waals surface area contributed by atoms with Crippen LogP contribution in [0.25, 0.3) is 20.7 Å². The number of allylic oxidation sites excluding steroid dienone is 2. The Hall–Kier alpha value is -6.37. The number of thiophene rings is 1. The van der Waals surface area contributed by atoms with Crippen LogP contribution in [0.5, 0.6) is 11.5 Å². The molecule has 2 aliphatic heterocycles. The zero-order valence-electron chi connectivity index (χ0n) is 33.6. The summed E-state index contributed by atoms with van der Waals surface area (Å²) >= 11 is 7.88. The van der Waals surface area contributed by atoms with Crippen molar-refractivity contribution >= 4 is 73.9 Å². The first kappa shape index (κ1) is 38.8. The van der Waals surface area contributed by atoms with Crippen molar-refractivity contribution in [2.75, 3.05) is 16.9 Å². The van der Waals surface area contributed by atoms with Gasteiger partial charge in [-0.05, 0) is 92.1 Å². The Bertz CT molecular complexity index is 2920. The number of phenols is 1. The van der Waals surface area contributed by atoms with Crippen LogP contribution >= 0.6 is 22.9 Å². The third-order valence-corrected chi connectivity index (χ3v) is 15.0. The fraction of sp³-hybridized carbons (Fsp3) is 0.250. The number of fused-ring (bicyclic) bond motifs is 5. The molecule has 1 N–H and O–H groups in total. The van der Waals surface area contributed by atoms with Gasteiger partial charge in [-0.15, -0.1) is 11.3 Å². The molecule has 0 radical (unpaired) electrons. The van der Waals surface area contributed by atoms with E-state index in [4.69, 9.17) is 21.4 Å². The quantitative estimate of drug-likeness (QED) is 0.0957. The maximum atomic E-state index is 15.2. The summed E-state index contributed by atoms with van der Waals surface area (Å²) in [6.07, 6.45) is 2.31. The van der Waals surface area contributed by atoms with E-state index in [2.05, 4.69) is 0 Å². The number of hydrogen-bond acceptors (Lipinski definition) is 9. The molecule has 4 amide bonds. The van der Waals surface area contributed by atoms with Crippen molar-refractivity contribution < 1.29 is 33.8 Å². The van der Waals surface area contributed by atoms with Gasteiger partial charge in [0.2, 0.25) is 23.6 Å². The number of rotatable bonds is 7. The maximum Gasteiger partial charge on any atom is 0.242 e. The van der Waals surface area contributed by atoms with E-state index in [9.17, 15) is 19.5 Å². The minimum Gasteiger partial charge on any atom is -0.508 e. The van der Waals surface area contributed by atoms with Gasteiger partial charge in [0.05, 0.1) is 40.8 Å². The number of ketones is 1. The molecule has 306 valence electrons. The lowest BCUT2D eigenvalue weighted by molar-refractivity contribution is -0.131. The smallest absolute Gasteiger partial charge is 0.242 e. The Kier molecular flexibility index (Phi) is 8.97. The molecule has 4 heterocycles. The van der Waals surface area contributed by atoms with Crippen LogP contribution in [0.15, 0.2) is 109 Å². The predicted molar refractivity (Wildman–Crippen MR) is 232 cm³/mol. The SMILES string of the molecule is COc1ccc(C2C3=CCC4C(=O)N(c5ccc(C(=O)c6ccccc6)cc5)C(=O)C4C3CC3C(=O)N(c4cc(-c5sc6ccc(Cl)cc6c5C)nn4C)C(=O)C32C)c(O)c1. The molecule has 6 unspecified atom stereocenters. The third-order valence-electron chi connectivity index (χ3n) is 13.5. The highest BCUT2D eigenvalue weighted by atomic mass is 35.5. The van der Waals surface area contributed by atoms with Gasteiger partial charge in [0.25, 0.3) is 0 Å². The average Bonchev–Trinajstić information content (AvgIpc) is 3.94. The van der Waals surface area contributed by atoms with Gasteiger partial charge in [-0.3, -0.25) is 33.6 Å². The molecule has 2 saturated heterocycles. The molecule has 0 bridgehead atoms. The van der Waals surface area contributed by atoms with Gasteiger partial charge >= 0.3 is 0 Å². The monoisotopic (exact) mass is 850 g/mol. The first-order valence-electron chi connectivity index (χ1n) is 20.1. The summed E-state index contributed by atoms with van der Waals surface area (Å²) in [4.78, 5) is 75.6. The largest absolute Gasteiger partial charge is 0.508 e. The molecular weight excluding hydrogens is 812 g/mol. The second-order valence-electron chi connectivity index (χ2n) is 16.5. The highest BCUT2D eigenvalue weighted by molar-refractivity contribution is 7.22. The fourth-order valence-electron chi connectivity index (χ4n) is 10.5. The van der Waals surface area contributed by atoms with Crippen molar-refractivity contribution in [2.24, 2.45) is 36.1 Å². The number of carbonyl (C=O) groups is 5. The lowest BCUT2D eigenvalue weighted by atomic mass is 9.51. The number of amides is 4. The number of carbonyl (C=O) groups excluding carboxylic acids is 5. The van der Waals surface area contributed by atoms with E-state index >= 15 is 9.59 Å². The topological polar surface area (TPSA) is 139 Å². The molecular formula is C48H39ClN4O7S. The number of phenolic OH excluding ortho intramolecular Hbond substituents is 1. The average molecular weight is 851 g/mol. The van der Waals surface area contributed by atoms with E-state index in [1.54, 1.807) is 96.7 Å². The Morgan fingerprint density at radius 2 is 1.62 bits per heavy atom. The zero-order chi connectivity index (χ0) is 42.6. The summed E-state index contributed by atoms with van der Waals surface area (Å²) in [5.74, 6) is -5.10. The number of nitrogens with zero attached hydrogens (tertiary/aromatic N) is 4. The molecule has 4 aliphatic rings. The molecule has 2 aromatic heterocycles. The van der Waals surface area contributed by atoms with Gasteiger partial charge in [0.15, 0.2) is 5.78 Å². The van der Waals surface area contributed by atoms with Crippen molar-refractivity contribution in [3.05, 3.63) is 136 Å². The predicted octanol–water partition coefficient (Wildman–Crippen LogP) is 8.64. The highest BCUT2D eigenvalue weighted by Crippen LogP contribution is 2.64. The van der Waals surface area contributed by atoms with Crippen LogP contribution in [-0.2, 0) is 26.2 Å². The number of imide groups is 2. The number of methoxy groups -OCH3 is 1. The van der Waals surface area contributed by atoms with E-state index in [0.29, 0.717) is 44.7 Å². The van der Waals surface area contributed by atoms with E-state index < -0.39 is 52.7 Å². The van der Waals surface area contributed by atoms with Crippen LogP contribution in [0.2, 0.25) is 5.02 Å². The Morgan fingerprint density at radius 1 is 0.885 bits per heavy atom. The van der Waals surface area contributed by atoms with Gasteiger partial charge in [-0.2, -0.15) is 5.10 Å². The van der Waals surface area contributed by atoms with Crippen LogP contribution < -0.4 is 14.5 Å². The molecule has 2 aliphatic carbocycles. The number of hydrogen-bond donors (Lipinski definition) is 1. The second-order valence-corrected chi connectivity index (χ2v) is 18.0. The van der Waals surface area contributed by atoms with Crippen LogP contribution in [-0.4, -0.2) is 51.4 Å². The first-order valence-corrected chi connectivity index (χ1v) is 21.3. The Morgan fingerprint density at radius 3 is 2.34 bits per heavy atom. The lowest BCUT2D eigenvalue weighted by Gasteiger charge is -2.49. The van der Waals surface area contributed by atoms with Gasteiger partial charge in [0.1, 0.15) is 23.0 Å². The number of benzene rings is 4. The van der Waals surface area contributed by atoms with E-state index in [0.717, 1.165) is 26.1 Å². The summed E-state index contributed by atoms with van der Waals surface area (Å²) in [7, 11) is 3.19. The summed E-state index contributed by atoms with van der Waals surface area (Å²) in [6, 6.07) is 27.7. The van der Waals surface area contributed by atoms with Crippen molar-refractivity contribution in [1.29, 1.82) is 0 Å². The summed E-state index contributed by atoms with van der Waals surface area (Å²) < 4.78 is 7.98. The normalized spacial score (nSPS) is 24.5. The third kappa shape index (κ3) is 5.68. The molecule has 11 nitrogen and oxygen atoms in total. The van der Waals surface area contributed by atoms with Gasteiger partial charge < -0.3 is 9.84 Å². The van der Waals surface area contributed by atoms with Crippen molar-refractivity contribution in [2.45, 2.75) is 32.6 Å². The number of anilines is 2. The maximum absolute atomic E-state index is 15.2. The number of aryl methyl sites for hydroxylation is 2. The number of aromatic hydroxyl groups is 1. The molecule has 0 spiro atoms. The second kappa shape index (κ2) is 14.1. The van der Waals surface area contributed by atoms with Crippen LogP contribution in [0.4, 0.5) is 11.5 Å². The molecule has 3 fully saturated rings. The molecule has 6 aromatic rings. The van der Waals surface area contributed by atoms with Gasteiger partial charge in [-0.25, -0.2) is 4.90 Å². The molecule has 10 rings (SSSR count). The fourth-order valence-corrected chi connectivity index (χ4v) is 11.8. The van der Waals surface area contributed by atoms with Gasteiger partial charge in [-0.1, -0.05) is 59.6 Å². The summed E-state index contributed by atoms with van der Waals surface area (Å²) in [5.41, 5.74) is 2.64. The van der Waals surface area contributed by atoms with Crippen LogP contribution in [0.1, 0.15) is 52.7 Å².